The van der Waals surface area contributed by atoms with Gasteiger partial charge in [-0.2, -0.15) is 0 Å². The van der Waals surface area contributed by atoms with Gasteiger partial charge in [0.2, 0.25) is 0 Å². The summed E-state index contributed by atoms with van der Waals surface area (Å²) in [6, 6.07) is 0. The van der Waals surface area contributed by atoms with Gasteiger partial charge in [0.25, 0.3) is 0 Å². The van der Waals surface area contributed by atoms with E-state index < -0.39 is 0 Å². The molecule has 1 heteroatoms. The summed E-state index contributed by atoms with van der Waals surface area (Å²) in [4.78, 5) is 0. The Bertz CT molecular complexity index is 528. The van der Waals surface area contributed by atoms with Gasteiger partial charge in [-0.15, -0.1) is 0 Å². The molecule has 0 bridgehead atoms. The minimum absolute atomic E-state index is 0.341. The molecule has 1 N–H and O–H groups in total. The molecule has 0 aromatic carbocycles. The Morgan fingerprint density at radius 1 is 0.875 bits per heavy atom. The Morgan fingerprint density at radius 3 is 2.38 bits per heavy atom. The van der Waals surface area contributed by atoms with Gasteiger partial charge in [0.1, 0.15) is 0 Å². The van der Waals surface area contributed by atoms with Gasteiger partial charge in [-0.05, 0) is 117 Å². The van der Waals surface area contributed by atoms with Gasteiger partial charge in [0.15, 0.2) is 0 Å². The van der Waals surface area contributed by atoms with Crippen LogP contribution in [0.1, 0.15) is 91.4 Å². The minimum Gasteiger partial charge on any atom is -0.390 e. The third-order valence-corrected chi connectivity index (χ3v) is 10.5. The van der Waals surface area contributed by atoms with Gasteiger partial charge in [0, 0.05) is 0 Å². The molecule has 0 aromatic heterocycles. The fourth-order valence-electron chi connectivity index (χ4n) is 8.96. The molecule has 0 unspecified atom stereocenters. The van der Waals surface area contributed by atoms with E-state index in [2.05, 4.69) is 20.8 Å². The summed E-state index contributed by atoms with van der Waals surface area (Å²) in [5.74, 6) is 6.03. The molecule has 0 aromatic rings. The quantitative estimate of drug-likeness (QED) is 0.643. The largest absolute Gasteiger partial charge is 0.390 e. The Labute approximate surface area is 149 Å². The molecule has 5 aliphatic carbocycles. The molecule has 5 fully saturated rings. The highest BCUT2D eigenvalue weighted by molar-refractivity contribution is 5.13. The first kappa shape index (κ1) is 16.2. The van der Waals surface area contributed by atoms with E-state index in [1.54, 1.807) is 12.8 Å². The summed E-state index contributed by atoms with van der Waals surface area (Å²) in [6.07, 6.45) is 14.9. The summed E-state index contributed by atoms with van der Waals surface area (Å²) >= 11 is 0. The van der Waals surface area contributed by atoms with E-state index in [1.165, 1.54) is 38.5 Å². The van der Waals surface area contributed by atoms with Gasteiger partial charge in [-0.1, -0.05) is 20.8 Å². The molecule has 0 heterocycles. The van der Waals surface area contributed by atoms with E-state index in [9.17, 15) is 5.11 Å². The molecular weight excluding hydrogens is 292 g/mol. The van der Waals surface area contributed by atoms with Crippen LogP contribution in [0.15, 0.2) is 0 Å². The van der Waals surface area contributed by atoms with Crippen molar-refractivity contribution in [2.45, 2.75) is 97.0 Å². The summed E-state index contributed by atoms with van der Waals surface area (Å²) in [6.45, 7) is 7.49. The second-order valence-corrected chi connectivity index (χ2v) is 11.3. The molecule has 0 amide bonds. The van der Waals surface area contributed by atoms with Crippen molar-refractivity contribution < 1.29 is 5.11 Å². The summed E-state index contributed by atoms with van der Waals surface area (Å²) in [5, 5.41) is 10.9. The number of hydrogen-bond donors (Lipinski definition) is 1. The third-order valence-electron chi connectivity index (χ3n) is 10.5. The lowest BCUT2D eigenvalue weighted by Crippen LogP contribution is -2.56. The molecule has 0 aliphatic heterocycles. The van der Waals surface area contributed by atoms with Crippen LogP contribution in [-0.4, -0.2) is 10.7 Å². The van der Waals surface area contributed by atoms with Gasteiger partial charge in [-0.3, -0.25) is 0 Å². The van der Waals surface area contributed by atoms with Crippen LogP contribution in [0.2, 0.25) is 0 Å². The molecule has 0 radical (unpaired) electrons. The minimum atomic E-state index is -0.341. The van der Waals surface area contributed by atoms with Crippen LogP contribution < -0.4 is 0 Å². The summed E-state index contributed by atoms with van der Waals surface area (Å²) in [7, 11) is 0. The molecule has 0 spiro atoms. The van der Waals surface area contributed by atoms with E-state index >= 15 is 0 Å². The Balaban J connectivity index is 1.44. The lowest BCUT2D eigenvalue weighted by molar-refractivity contribution is -0.154. The maximum Gasteiger partial charge on any atom is 0.0648 e. The molecule has 5 aliphatic rings. The van der Waals surface area contributed by atoms with E-state index in [1.807, 2.05) is 0 Å². The molecular formula is C23H38O. The van der Waals surface area contributed by atoms with Crippen LogP contribution in [0.25, 0.3) is 0 Å². The smallest absolute Gasteiger partial charge is 0.0648 e. The second kappa shape index (κ2) is 5.02. The topological polar surface area (TPSA) is 20.2 Å². The molecule has 0 saturated heterocycles. The third kappa shape index (κ3) is 1.97. The molecule has 1 nitrogen and oxygen atoms in total. The molecule has 9 atom stereocenters. The normalized spacial score (nSPS) is 62.0. The van der Waals surface area contributed by atoms with E-state index in [4.69, 9.17) is 0 Å². The highest BCUT2D eigenvalue weighted by atomic mass is 16.3. The zero-order chi connectivity index (χ0) is 16.7. The van der Waals surface area contributed by atoms with Crippen molar-refractivity contribution >= 4 is 0 Å². The SMILES string of the molecule is CC[C@]1(O)CC[C@@]2(C)[C@@H](CC[C@H]3[C@@H]4[C@H]5CC[C@H]5C[C@@]4(C)CC[C@@H]32)C1. The van der Waals surface area contributed by atoms with Gasteiger partial charge >= 0.3 is 0 Å². The molecule has 24 heavy (non-hydrogen) atoms. The molecule has 136 valence electrons. The van der Waals surface area contributed by atoms with Crippen LogP contribution in [0, 0.1) is 46.3 Å². The number of aliphatic hydroxyl groups is 1. The first-order valence-electron chi connectivity index (χ1n) is 11.1. The predicted octanol–water partition coefficient (Wildman–Crippen LogP) is 5.81. The molecule has 5 rings (SSSR count). The van der Waals surface area contributed by atoms with Crippen LogP contribution in [0.5, 0.6) is 0 Å². The Morgan fingerprint density at radius 2 is 1.67 bits per heavy atom. The van der Waals surface area contributed by atoms with Crippen molar-refractivity contribution in [1.82, 2.24) is 0 Å². The van der Waals surface area contributed by atoms with Gasteiger partial charge in [0.05, 0.1) is 5.60 Å². The lowest BCUT2D eigenvalue weighted by atomic mass is 9.43. The van der Waals surface area contributed by atoms with E-state index in [-0.39, 0.29) is 5.60 Å². The summed E-state index contributed by atoms with van der Waals surface area (Å²) in [5.41, 5.74) is 0.884. The zero-order valence-corrected chi connectivity index (χ0v) is 16.2. The van der Waals surface area contributed by atoms with Crippen molar-refractivity contribution in [3.05, 3.63) is 0 Å². The Hall–Kier alpha value is -0.0400. The standard InChI is InChI=1S/C23H38O/c1-4-23(24)12-11-22(3)16(14-23)6-8-18-19(22)9-10-21(2)13-15-5-7-17(15)20(18)21/h15-20,24H,4-14H2,1-3H3/t15-,16-,17-,18+,19-,20-,21+,22-,23-/m0/s1. The maximum absolute atomic E-state index is 10.9. The first-order chi connectivity index (χ1) is 11.4. The van der Waals surface area contributed by atoms with Crippen LogP contribution in [0.4, 0.5) is 0 Å². The predicted molar refractivity (Wildman–Crippen MR) is 98.6 cm³/mol. The fourth-order valence-corrected chi connectivity index (χ4v) is 8.96. The van der Waals surface area contributed by atoms with Crippen molar-refractivity contribution in [2.75, 3.05) is 0 Å². The van der Waals surface area contributed by atoms with Crippen molar-refractivity contribution in [2.24, 2.45) is 46.3 Å². The highest BCUT2D eigenvalue weighted by Crippen LogP contribution is 2.71. The van der Waals surface area contributed by atoms with Crippen LogP contribution in [-0.2, 0) is 0 Å². The van der Waals surface area contributed by atoms with Crippen molar-refractivity contribution in [3.63, 3.8) is 0 Å². The van der Waals surface area contributed by atoms with E-state index in [0.717, 1.165) is 54.8 Å². The average molecular weight is 331 g/mol. The Kier molecular flexibility index (Phi) is 3.38. The van der Waals surface area contributed by atoms with Crippen LogP contribution in [0.3, 0.4) is 0 Å². The van der Waals surface area contributed by atoms with Crippen LogP contribution >= 0.6 is 0 Å². The van der Waals surface area contributed by atoms with Gasteiger partial charge in [-0.25, -0.2) is 0 Å². The average Bonchev–Trinajstić information content (AvgIpc) is 2.75. The number of hydrogen-bond acceptors (Lipinski definition) is 1. The molecule has 5 saturated carbocycles. The van der Waals surface area contributed by atoms with Gasteiger partial charge < -0.3 is 5.11 Å². The number of rotatable bonds is 1. The first-order valence-corrected chi connectivity index (χ1v) is 11.1. The fraction of sp³-hybridized carbons (Fsp3) is 1.00. The summed E-state index contributed by atoms with van der Waals surface area (Å²) < 4.78 is 0. The monoisotopic (exact) mass is 330 g/mol. The lowest BCUT2D eigenvalue weighted by Gasteiger charge is -2.62. The maximum atomic E-state index is 10.9. The van der Waals surface area contributed by atoms with E-state index in [0.29, 0.717) is 10.8 Å². The highest BCUT2D eigenvalue weighted by Gasteiger charge is 2.64. The number of fused-ring (bicyclic) bond motifs is 7. The zero-order valence-electron chi connectivity index (χ0n) is 16.2. The second-order valence-electron chi connectivity index (χ2n) is 11.3. The van der Waals surface area contributed by atoms with Crippen molar-refractivity contribution in [1.29, 1.82) is 0 Å². The van der Waals surface area contributed by atoms with Crippen molar-refractivity contribution in [3.8, 4) is 0 Å².